The van der Waals surface area contributed by atoms with Crippen LogP contribution >= 0.6 is 11.3 Å². The van der Waals surface area contributed by atoms with Crippen molar-refractivity contribution in [3.63, 3.8) is 0 Å². The van der Waals surface area contributed by atoms with Gasteiger partial charge in [0.1, 0.15) is 0 Å². The average molecular weight is 282 g/mol. The molecule has 19 heavy (non-hydrogen) atoms. The molecule has 0 aliphatic carbocycles. The highest BCUT2D eigenvalue weighted by atomic mass is 32.1. The van der Waals surface area contributed by atoms with Gasteiger partial charge in [-0.05, 0) is 6.42 Å². The third-order valence-electron chi connectivity index (χ3n) is 2.82. The summed E-state index contributed by atoms with van der Waals surface area (Å²) in [6.45, 7) is 4.07. The van der Waals surface area contributed by atoms with Crippen molar-refractivity contribution in [2.24, 2.45) is 0 Å². The van der Waals surface area contributed by atoms with Gasteiger partial charge < -0.3 is 10.6 Å². The van der Waals surface area contributed by atoms with E-state index in [0.717, 1.165) is 12.8 Å². The molecule has 2 rings (SSSR count). The van der Waals surface area contributed by atoms with E-state index in [2.05, 4.69) is 22.5 Å². The molecule has 7 heteroatoms. The number of nitrogens with one attached hydrogen (secondary N) is 2. The van der Waals surface area contributed by atoms with E-state index < -0.39 is 0 Å². The lowest BCUT2D eigenvalue weighted by molar-refractivity contribution is -0.120. The minimum atomic E-state index is -0.117. The molecule has 0 spiro atoms. The molecular formula is C12H18N4O2S. The summed E-state index contributed by atoms with van der Waals surface area (Å²) >= 11 is 1.39. The topological polar surface area (TPSA) is 74.3 Å². The van der Waals surface area contributed by atoms with E-state index in [1.807, 2.05) is 5.38 Å². The zero-order chi connectivity index (χ0) is 13.7. The number of aromatic nitrogens is 1. The quantitative estimate of drug-likeness (QED) is 0.768. The number of anilines is 1. The lowest BCUT2D eigenvalue weighted by Gasteiger charge is -2.08. The second-order valence-electron chi connectivity index (χ2n) is 4.39. The van der Waals surface area contributed by atoms with Crippen molar-refractivity contribution in [3.05, 3.63) is 11.1 Å². The summed E-state index contributed by atoms with van der Waals surface area (Å²) in [5.41, 5.74) is 0.716. The van der Waals surface area contributed by atoms with Crippen molar-refractivity contribution in [1.82, 2.24) is 15.6 Å². The fourth-order valence-corrected chi connectivity index (χ4v) is 2.64. The number of carbonyl (C=O) groups is 2. The van der Waals surface area contributed by atoms with Crippen molar-refractivity contribution in [2.45, 2.75) is 26.2 Å². The van der Waals surface area contributed by atoms with E-state index in [9.17, 15) is 9.59 Å². The van der Waals surface area contributed by atoms with E-state index in [0.29, 0.717) is 30.5 Å². The molecule has 2 N–H and O–H groups in total. The molecule has 6 nitrogen and oxygen atoms in total. The van der Waals surface area contributed by atoms with Crippen molar-refractivity contribution in [2.75, 3.05) is 24.5 Å². The highest BCUT2D eigenvalue weighted by Crippen LogP contribution is 2.22. The summed E-state index contributed by atoms with van der Waals surface area (Å²) in [6.07, 6.45) is 2.32. The summed E-state index contributed by atoms with van der Waals surface area (Å²) in [5.74, 6) is -0.0174. The number of amides is 3. The molecule has 1 aliphatic rings. The maximum atomic E-state index is 11.6. The van der Waals surface area contributed by atoms with E-state index in [-0.39, 0.29) is 18.4 Å². The minimum absolute atomic E-state index is 0.0174. The van der Waals surface area contributed by atoms with Crippen LogP contribution in [0.1, 0.15) is 25.5 Å². The molecule has 0 atom stereocenters. The standard InChI is InChI=1S/C12H18N4O2S/c1-2-3-4-13-10(17)7-9-8-19-12(15-9)16-6-5-14-11(16)18/h8H,2-7H2,1H3,(H,13,17)(H,14,18). The van der Waals surface area contributed by atoms with Gasteiger partial charge in [-0.15, -0.1) is 11.3 Å². The van der Waals surface area contributed by atoms with E-state index in [1.165, 1.54) is 11.3 Å². The van der Waals surface area contributed by atoms with Gasteiger partial charge in [0.05, 0.1) is 12.1 Å². The number of urea groups is 1. The molecule has 0 saturated carbocycles. The lowest BCUT2D eigenvalue weighted by atomic mass is 10.3. The number of rotatable bonds is 6. The molecule has 2 heterocycles. The number of hydrogen-bond acceptors (Lipinski definition) is 4. The first-order chi connectivity index (χ1) is 9.20. The van der Waals surface area contributed by atoms with Gasteiger partial charge in [0.25, 0.3) is 0 Å². The van der Waals surface area contributed by atoms with Crippen LogP contribution < -0.4 is 15.5 Å². The molecule has 1 aromatic heterocycles. The summed E-state index contributed by atoms with van der Waals surface area (Å²) in [5, 5.41) is 8.07. The summed E-state index contributed by atoms with van der Waals surface area (Å²) < 4.78 is 0. The Morgan fingerprint density at radius 1 is 1.63 bits per heavy atom. The van der Waals surface area contributed by atoms with Crippen LogP contribution in [-0.4, -0.2) is 36.6 Å². The normalized spacial score (nSPS) is 14.6. The zero-order valence-corrected chi connectivity index (χ0v) is 11.8. The Morgan fingerprint density at radius 2 is 2.47 bits per heavy atom. The van der Waals surface area contributed by atoms with Crippen molar-refractivity contribution >= 4 is 28.4 Å². The number of thiazole rings is 1. The highest BCUT2D eigenvalue weighted by Gasteiger charge is 2.23. The average Bonchev–Trinajstić information content (AvgIpc) is 2.98. The summed E-state index contributed by atoms with van der Waals surface area (Å²) in [7, 11) is 0. The Morgan fingerprint density at radius 3 is 3.16 bits per heavy atom. The van der Waals surface area contributed by atoms with Gasteiger partial charge in [0, 0.05) is 25.0 Å². The molecule has 1 saturated heterocycles. The molecule has 0 bridgehead atoms. The number of unbranched alkanes of at least 4 members (excludes halogenated alkanes) is 1. The largest absolute Gasteiger partial charge is 0.356 e. The molecule has 3 amide bonds. The number of carbonyl (C=O) groups excluding carboxylic acids is 2. The lowest BCUT2D eigenvalue weighted by Crippen LogP contribution is -2.28. The molecule has 0 aromatic carbocycles. The summed E-state index contributed by atoms with van der Waals surface area (Å²) in [6, 6.07) is -0.117. The van der Waals surface area contributed by atoms with Crippen molar-refractivity contribution < 1.29 is 9.59 Å². The van der Waals surface area contributed by atoms with Crippen LogP contribution in [0.3, 0.4) is 0 Å². The van der Waals surface area contributed by atoms with Gasteiger partial charge in [0.2, 0.25) is 5.91 Å². The second-order valence-corrected chi connectivity index (χ2v) is 5.22. The van der Waals surface area contributed by atoms with Crippen LogP contribution in [-0.2, 0) is 11.2 Å². The Balaban J connectivity index is 1.87. The van der Waals surface area contributed by atoms with Crippen LogP contribution in [0.15, 0.2) is 5.38 Å². The maximum Gasteiger partial charge on any atom is 0.323 e. The first kappa shape index (κ1) is 13.8. The van der Waals surface area contributed by atoms with E-state index >= 15 is 0 Å². The fraction of sp³-hybridized carbons (Fsp3) is 0.583. The van der Waals surface area contributed by atoms with Gasteiger partial charge in [-0.1, -0.05) is 13.3 Å². The predicted molar refractivity (Wildman–Crippen MR) is 74.5 cm³/mol. The molecule has 1 aliphatic heterocycles. The van der Waals surface area contributed by atoms with Crippen LogP contribution in [0.2, 0.25) is 0 Å². The molecule has 0 radical (unpaired) electrons. The number of hydrogen-bond donors (Lipinski definition) is 2. The maximum absolute atomic E-state index is 11.6. The monoisotopic (exact) mass is 282 g/mol. The van der Waals surface area contributed by atoms with E-state index in [1.54, 1.807) is 4.90 Å². The Bertz CT molecular complexity index is 460. The molecule has 1 fully saturated rings. The zero-order valence-electron chi connectivity index (χ0n) is 10.9. The molecular weight excluding hydrogens is 264 g/mol. The van der Waals surface area contributed by atoms with Crippen molar-refractivity contribution in [3.8, 4) is 0 Å². The predicted octanol–water partition coefficient (Wildman–Crippen LogP) is 1.13. The first-order valence-electron chi connectivity index (χ1n) is 6.47. The van der Waals surface area contributed by atoms with Gasteiger partial charge >= 0.3 is 6.03 Å². The van der Waals surface area contributed by atoms with Gasteiger partial charge in [-0.25, -0.2) is 9.78 Å². The molecule has 104 valence electrons. The van der Waals surface area contributed by atoms with Crippen LogP contribution in [0, 0.1) is 0 Å². The third-order valence-corrected chi connectivity index (χ3v) is 3.73. The number of nitrogens with zero attached hydrogens (tertiary/aromatic N) is 2. The van der Waals surface area contributed by atoms with E-state index in [4.69, 9.17) is 0 Å². The van der Waals surface area contributed by atoms with Crippen molar-refractivity contribution in [1.29, 1.82) is 0 Å². The molecule has 1 aromatic rings. The van der Waals surface area contributed by atoms with Gasteiger partial charge in [0.15, 0.2) is 5.13 Å². The third kappa shape index (κ3) is 3.66. The smallest absolute Gasteiger partial charge is 0.323 e. The minimum Gasteiger partial charge on any atom is -0.356 e. The van der Waals surface area contributed by atoms with Crippen LogP contribution in [0.5, 0.6) is 0 Å². The Kier molecular flexibility index (Phi) is 4.73. The Hall–Kier alpha value is -1.63. The van der Waals surface area contributed by atoms with Gasteiger partial charge in [-0.3, -0.25) is 9.69 Å². The van der Waals surface area contributed by atoms with Gasteiger partial charge in [-0.2, -0.15) is 0 Å². The summed E-state index contributed by atoms with van der Waals surface area (Å²) in [4.78, 5) is 29.1. The SMILES string of the molecule is CCCCNC(=O)Cc1csc(N2CCNC2=O)n1. The first-order valence-corrected chi connectivity index (χ1v) is 7.35. The Labute approximate surface area is 116 Å². The van der Waals surface area contributed by atoms with Crippen LogP contribution in [0.4, 0.5) is 9.93 Å². The highest BCUT2D eigenvalue weighted by molar-refractivity contribution is 7.14. The van der Waals surface area contributed by atoms with Crippen LogP contribution in [0.25, 0.3) is 0 Å². The second kappa shape index (κ2) is 6.51. The fourth-order valence-electron chi connectivity index (χ4n) is 1.79. The molecule has 0 unspecified atom stereocenters.